The highest BCUT2D eigenvalue weighted by Gasteiger charge is 2.26. The van der Waals surface area contributed by atoms with Crippen LogP contribution in [0.25, 0.3) is 11.0 Å². The van der Waals surface area contributed by atoms with Crippen LogP contribution < -0.4 is 0 Å². The molecule has 1 atom stereocenters. The number of hydrogen-bond donors (Lipinski definition) is 0. The Balaban J connectivity index is 1.85. The van der Waals surface area contributed by atoms with Crippen molar-refractivity contribution in [1.82, 2.24) is 4.90 Å². The molecule has 0 spiro atoms. The molecular formula is C15H14N2O2. The first-order chi connectivity index (χ1) is 9.28. The molecule has 1 saturated heterocycles. The number of nitrogens with zero attached hydrogens (tertiary/aromatic N) is 2. The minimum absolute atomic E-state index is 0.0536. The average molecular weight is 254 g/mol. The summed E-state index contributed by atoms with van der Waals surface area (Å²) in [4.78, 5) is 14.1. The third-order valence-corrected chi connectivity index (χ3v) is 3.53. The lowest BCUT2D eigenvalue weighted by Crippen LogP contribution is -2.39. The van der Waals surface area contributed by atoms with Crippen LogP contribution in [0.1, 0.15) is 23.4 Å². The molecule has 3 rings (SSSR count). The van der Waals surface area contributed by atoms with Gasteiger partial charge in [-0.2, -0.15) is 5.26 Å². The number of hydrogen-bond acceptors (Lipinski definition) is 3. The van der Waals surface area contributed by atoms with Crippen LogP contribution in [0.3, 0.4) is 0 Å². The zero-order valence-corrected chi connectivity index (χ0v) is 10.5. The minimum Gasteiger partial charge on any atom is -0.451 e. The summed E-state index contributed by atoms with van der Waals surface area (Å²) in [5.41, 5.74) is 0.722. The number of furan rings is 1. The fraction of sp³-hybridized carbons (Fsp3) is 0.333. The molecule has 1 aliphatic heterocycles. The van der Waals surface area contributed by atoms with E-state index in [0.29, 0.717) is 18.8 Å². The van der Waals surface area contributed by atoms with Gasteiger partial charge in [0.25, 0.3) is 5.91 Å². The number of carbonyl (C=O) groups is 1. The molecule has 0 saturated carbocycles. The Morgan fingerprint density at radius 2 is 2.26 bits per heavy atom. The number of rotatable bonds is 1. The van der Waals surface area contributed by atoms with E-state index in [9.17, 15) is 4.79 Å². The van der Waals surface area contributed by atoms with Gasteiger partial charge in [-0.05, 0) is 25.0 Å². The lowest BCUT2D eigenvalue weighted by atomic mass is 9.99. The third kappa shape index (κ3) is 2.19. The quantitative estimate of drug-likeness (QED) is 0.786. The Morgan fingerprint density at radius 1 is 1.42 bits per heavy atom. The first-order valence-corrected chi connectivity index (χ1v) is 6.45. The van der Waals surface area contributed by atoms with E-state index in [1.54, 1.807) is 11.0 Å². The Hall–Kier alpha value is -2.28. The van der Waals surface area contributed by atoms with Crippen LogP contribution >= 0.6 is 0 Å². The SMILES string of the molecule is N#CC1CCCN(C(=O)c2cc3ccccc3o2)C1. The molecule has 2 aromatic rings. The van der Waals surface area contributed by atoms with Gasteiger partial charge in [-0.3, -0.25) is 4.79 Å². The molecule has 1 aliphatic rings. The predicted octanol–water partition coefficient (Wildman–Crippen LogP) is 2.81. The Kier molecular flexibility index (Phi) is 2.96. The van der Waals surface area contributed by atoms with Gasteiger partial charge in [-0.15, -0.1) is 0 Å². The monoisotopic (exact) mass is 254 g/mol. The number of carbonyl (C=O) groups excluding carboxylic acids is 1. The van der Waals surface area contributed by atoms with Gasteiger partial charge in [-0.25, -0.2) is 0 Å². The highest BCUT2D eigenvalue weighted by Crippen LogP contribution is 2.22. The van der Waals surface area contributed by atoms with Crippen molar-refractivity contribution in [2.45, 2.75) is 12.8 Å². The Bertz CT molecular complexity index is 620. The van der Waals surface area contributed by atoms with Gasteiger partial charge in [0, 0.05) is 18.5 Å². The van der Waals surface area contributed by atoms with E-state index in [4.69, 9.17) is 9.68 Å². The molecule has 96 valence electrons. The highest BCUT2D eigenvalue weighted by molar-refractivity contribution is 5.96. The summed E-state index contributed by atoms with van der Waals surface area (Å²) in [7, 11) is 0. The Morgan fingerprint density at radius 3 is 3.05 bits per heavy atom. The summed E-state index contributed by atoms with van der Waals surface area (Å²) in [5.74, 6) is 0.193. The largest absolute Gasteiger partial charge is 0.451 e. The zero-order valence-electron chi connectivity index (χ0n) is 10.5. The molecule has 4 nitrogen and oxygen atoms in total. The second-order valence-corrected chi connectivity index (χ2v) is 4.87. The zero-order chi connectivity index (χ0) is 13.2. The lowest BCUT2D eigenvalue weighted by Gasteiger charge is -2.28. The van der Waals surface area contributed by atoms with E-state index >= 15 is 0 Å². The molecule has 0 radical (unpaired) electrons. The van der Waals surface area contributed by atoms with Crippen molar-refractivity contribution < 1.29 is 9.21 Å². The second-order valence-electron chi connectivity index (χ2n) is 4.87. The molecule has 4 heteroatoms. The Labute approximate surface area is 111 Å². The maximum Gasteiger partial charge on any atom is 0.289 e. The second kappa shape index (κ2) is 4.77. The number of benzene rings is 1. The first-order valence-electron chi connectivity index (χ1n) is 6.45. The van der Waals surface area contributed by atoms with Gasteiger partial charge in [0.05, 0.1) is 12.0 Å². The maximum absolute atomic E-state index is 12.4. The summed E-state index contributed by atoms with van der Waals surface area (Å²) in [6.45, 7) is 1.21. The van der Waals surface area contributed by atoms with Crippen molar-refractivity contribution in [1.29, 1.82) is 5.26 Å². The van der Waals surface area contributed by atoms with E-state index in [-0.39, 0.29) is 11.8 Å². The molecule has 19 heavy (non-hydrogen) atoms. The standard InChI is InChI=1S/C15H14N2O2/c16-9-11-4-3-7-17(10-11)15(18)14-8-12-5-1-2-6-13(12)19-14/h1-2,5-6,8,11H,3-4,7,10H2. The van der Waals surface area contributed by atoms with Crippen molar-refractivity contribution in [3.8, 4) is 6.07 Å². The number of nitriles is 1. The van der Waals surface area contributed by atoms with Crippen molar-refractivity contribution in [2.75, 3.05) is 13.1 Å². The van der Waals surface area contributed by atoms with Crippen LogP contribution in [-0.4, -0.2) is 23.9 Å². The topological polar surface area (TPSA) is 57.2 Å². The number of likely N-dealkylation sites (tertiary alicyclic amines) is 1. The summed E-state index contributed by atoms with van der Waals surface area (Å²) < 4.78 is 5.58. The van der Waals surface area contributed by atoms with Crippen LogP contribution in [0.15, 0.2) is 34.7 Å². The van der Waals surface area contributed by atoms with Crippen LogP contribution in [0, 0.1) is 17.2 Å². The van der Waals surface area contributed by atoms with E-state index in [2.05, 4.69) is 6.07 Å². The van der Waals surface area contributed by atoms with E-state index in [0.717, 1.165) is 23.8 Å². The molecule has 1 aromatic carbocycles. The normalized spacial score (nSPS) is 19.3. The summed E-state index contributed by atoms with van der Waals surface area (Å²) in [5, 5.41) is 9.89. The number of amides is 1. The minimum atomic E-state index is -0.115. The molecule has 0 N–H and O–H groups in total. The fourth-order valence-corrected chi connectivity index (χ4v) is 2.51. The average Bonchev–Trinajstić information content (AvgIpc) is 2.90. The molecule has 1 amide bonds. The third-order valence-electron chi connectivity index (χ3n) is 3.53. The molecule has 1 aromatic heterocycles. The van der Waals surface area contributed by atoms with Crippen molar-refractivity contribution in [3.05, 3.63) is 36.1 Å². The molecule has 0 aliphatic carbocycles. The van der Waals surface area contributed by atoms with E-state index in [1.807, 2.05) is 24.3 Å². The van der Waals surface area contributed by atoms with E-state index in [1.165, 1.54) is 0 Å². The highest BCUT2D eigenvalue weighted by atomic mass is 16.3. The van der Waals surface area contributed by atoms with Crippen LogP contribution in [-0.2, 0) is 0 Å². The summed E-state index contributed by atoms with van der Waals surface area (Å²) >= 11 is 0. The fourth-order valence-electron chi connectivity index (χ4n) is 2.51. The maximum atomic E-state index is 12.4. The smallest absolute Gasteiger partial charge is 0.289 e. The summed E-state index contributed by atoms with van der Waals surface area (Å²) in [6.07, 6.45) is 1.75. The van der Waals surface area contributed by atoms with Gasteiger partial charge in [0.2, 0.25) is 0 Å². The van der Waals surface area contributed by atoms with Gasteiger partial charge in [-0.1, -0.05) is 18.2 Å². The van der Waals surface area contributed by atoms with Crippen molar-refractivity contribution in [3.63, 3.8) is 0 Å². The molecule has 0 bridgehead atoms. The molecule has 1 unspecified atom stereocenters. The van der Waals surface area contributed by atoms with Gasteiger partial charge >= 0.3 is 0 Å². The summed E-state index contributed by atoms with van der Waals surface area (Å²) in [6, 6.07) is 11.6. The van der Waals surface area contributed by atoms with Gasteiger partial charge in [0.15, 0.2) is 5.76 Å². The van der Waals surface area contributed by atoms with Crippen LogP contribution in [0.5, 0.6) is 0 Å². The lowest BCUT2D eigenvalue weighted by molar-refractivity contribution is 0.0669. The predicted molar refractivity (Wildman–Crippen MR) is 70.5 cm³/mol. The molecule has 1 fully saturated rings. The van der Waals surface area contributed by atoms with E-state index < -0.39 is 0 Å². The first kappa shape index (κ1) is 11.8. The van der Waals surface area contributed by atoms with Crippen molar-refractivity contribution >= 4 is 16.9 Å². The number of piperidine rings is 1. The van der Waals surface area contributed by atoms with Gasteiger partial charge in [0.1, 0.15) is 5.58 Å². The van der Waals surface area contributed by atoms with Crippen LogP contribution in [0.4, 0.5) is 0 Å². The number of fused-ring (bicyclic) bond motifs is 1. The number of para-hydroxylation sites is 1. The molecular weight excluding hydrogens is 240 g/mol. The van der Waals surface area contributed by atoms with Crippen molar-refractivity contribution in [2.24, 2.45) is 5.92 Å². The van der Waals surface area contributed by atoms with Crippen LogP contribution in [0.2, 0.25) is 0 Å². The van der Waals surface area contributed by atoms with Gasteiger partial charge < -0.3 is 9.32 Å². The molecule has 2 heterocycles.